The lowest BCUT2D eigenvalue weighted by atomic mass is 9.93. The molecule has 6 heteroatoms. The SMILES string of the molecule is O=C1C(=O)N(c2ccc(Br)cc2)C(c2ccncc2)/C1=C(/O)c1cccc2ccccc12. The number of carbonyl (C=O) groups excluding carboxylic acids is 2. The van der Waals surface area contributed by atoms with Crippen LogP contribution in [0.5, 0.6) is 0 Å². The molecule has 0 bridgehead atoms. The molecule has 156 valence electrons. The first-order valence-electron chi connectivity index (χ1n) is 10.0. The van der Waals surface area contributed by atoms with Crippen molar-refractivity contribution in [2.24, 2.45) is 0 Å². The average molecular weight is 485 g/mol. The number of hydrogen-bond acceptors (Lipinski definition) is 4. The molecule has 1 unspecified atom stereocenters. The lowest BCUT2D eigenvalue weighted by molar-refractivity contribution is -0.132. The second kappa shape index (κ2) is 8.05. The molecule has 1 aromatic heterocycles. The minimum absolute atomic E-state index is 0.0560. The maximum Gasteiger partial charge on any atom is 0.300 e. The van der Waals surface area contributed by atoms with E-state index in [-0.39, 0.29) is 11.3 Å². The molecule has 1 fully saturated rings. The highest BCUT2D eigenvalue weighted by atomic mass is 79.9. The van der Waals surface area contributed by atoms with Gasteiger partial charge in [0.1, 0.15) is 5.76 Å². The predicted molar refractivity (Wildman–Crippen MR) is 127 cm³/mol. The molecule has 1 aliphatic rings. The number of aliphatic hydroxyl groups is 1. The van der Waals surface area contributed by atoms with E-state index >= 15 is 0 Å². The molecule has 0 spiro atoms. The molecule has 2 heterocycles. The minimum Gasteiger partial charge on any atom is -0.507 e. The zero-order valence-corrected chi connectivity index (χ0v) is 18.4. The number of hydrogen-bond donors (Lipinski definition) is 1. The number of amides is 1. The van der Waals surface area contributed by atoms with Gasteiger partial charge in [0, 0.05) is 28.1 Å². The molecule has 1 amide bonds. The van der Waals surface area contributed by atoms with Crippen LogP contribution in [0.1, 0.15) is 17.2 Å². The lowest BCUT2D eigenvalue weighted by Crippen LogP contribution is -2.29. The Morgan fingerprint density at radius 1 is 0.875 bits per heavy atom. The van der Waals surface area contributed by atoms with Gasteiger partial charge in [-0.3, -0.25) is 19.5 Å². The van der Waals surface area contributed by atoms with Crippen molar-refractivity contribution in [1.82, 2.24) is 4.98 Å². The van der Waals surface area contributed by atoms with Gasteiger partial charge in [0.2, 0.25) is 0 Å². The first-order chi connectivity index (χ1) is 15.6. The summed E-state index contributed by atoms with van der Waals surface area (Å²) in [7, 11) is 0. The van der Waals surface area contributed by atoms with Crippen molar-refractivity contribution in [2.75, 3.05) is 4.90 Å². The van der Waals surface area contributed by atoms with Crippen molar-refractivity contribution in [2.45, 2.75) is 6.04 Å². The summed E-state index contributed by atoms with van der Waals surface area (Å²) in [6.45, 7) is 0. The minimum atomic E-state index is -0.779. The maximum atomic E-state index is 13.3. The number of aliphatic hydroxyl groups excluding tert-OH is 1. The molecule has 3 aromatic carbocycles. The Hall–Kier alpha value is -3.77. The first kappa shape index (κ1) is 20.2. The monoisotopic (exact) mass is 484 g/mol. The van der Waals surface area contributed by atoms with Gasteiger partial charge in [-0.05, 0) is 52.7 Å². The van der Waals surface area contributed by atoms with Crippen LogP contribution in [-0.4, -0.2) is 21.8 Å². The standard InChI is InChI=1S/C26H17BrN2O3/c27-18-8-10-19(11-9-18)29-23(17-12-14-28-15-13-17)22(25(31)26(29)32)24(30)21-7-3-5-16-4-1-2-6-20(16)21/h1-15,23,30H/b24-22-. The van der Waals surface area contributed by atoms with E-state index in [0.717, 1.165) is 15.2 Å². The molecule has 5 rings (SSSR count). The zero-order valence-electron chi connectivity index (χ0n) is 16.8. The van der Waals surface area contributed by atoms with Crippen LogP contribution in [0.4, 0.5) is 5.69 Å². The number of nitrogens with zero attached hydrogens (tertiary/aromatic N) is 2. The predicted octanol–water partition coefficient (Wildman–Crippen LogP) is 5.62. The van der Waals surface area contributed by atoms with Crippen molar-refractivity contribution in [1.29, 1.82) is 0 Å². The average Bonchev–Trinajstić information content (AvgIpc) is 3.10. The van der Waals surface area contributed by atoms with Crippen molar-refractivity contribution in [3.63, 3.8) is 0 Å². The smallest absolute Gasteiger partial charge is 0.300 e. The van der Waals surface area contributed by atoms with E-state index in [4.69, 9.17) is 0 Å². The van der Waals surface area contributed by atoms with Crippen molar-refractivity contribution >= 4 is 49.8 Å². The van der Waals surface area contributed by atoms with E-state index in [9.17, 15) is 14.7 Å². The van der Waals surface area contributed by atoms with Gasteiger partial charge in [-0.25, -0.2) is 0 Å². The number of rotatable bonds is 3. The Bertz CT molecular complexity index is 1380. The maximum absolute atomic E-state index is 13.3. The number of benzene rings is 3. The fourth-order valence-electron chi connectivity index (χ4n) is 4.14. The summed E-state index contributed by atoms with van der Waals surface area (Å²) in [5, 5.41) is 13.1. The summed E-state index contributed by atoms with van der Waals surface area (Å²) < 4.78 is 0.856. The molecule has 1 atom stereocenters. The lowest BCUT2D eigenvalue weighted by Gasteiger charge is -2.25. The molecule has 1 aliphatic heterocycles. The normalized spacial score (nSPS) is 17.8. The van der Waals surface area contributed by atoms with Gasteiger partial charge in [-0.2, -0.15) is 0 Å². The van der Waals surface area contributed by atoms with Crippen LogP contribution in [0, 0.1) is 0 Å². The highest BCUT2D eigenvalue weighted by molar-refractivity contribution is 9.10. The highest BCUT2D eigenvalue weighted by Crippen LogP contribution is 2.42. The summed E-state index contributed by atoms with van der Waals surface area (Å²) in [5.74, 6) is -1.60. The van der Waals surface area contributed by atoms with Crippen molar-refractivity contribution in [3.05, 3.63) is 112 Å². The molecule has 32 heavy (non-hydrogen) atoms. The van der Waals surface area contributed by atoms with Gasteiger partial charge in [0.15, 0.2) is 0 Å². The summed E-state index contributed by atoms with van der Waals surface area (Å²) in [4.78, 5) is 31.9. The summed E-state index contributed by atoms with van der Waals surface area (Å²) in [6, 6.07) is 23.0. The van der Waals surface area contributed by atoms with Crippen LogP contribution < -0.4 is 4.90 Å². The molecule has 0 radical (unpaired) electrons. The van der Waals surface area contributed by atoms with Gasteiger partial charge < -0.3 is 5.11 Å². The molecule has 5 nitrogen and oxygen atoms in total. The van der Waals surface area contributed by atoms with Crippen LogP contribution in [0.2, 0.25) is 0 Å². The Morgan fingerprint density at radius 3 is 2.31 bits per heavy atom. The number of aromatic nitrogens is 1. The molecule has 1 saturated heterocycles. The topological polar surface area (TPSA) is 70.5 Å². The first-order valence-corrected chi connectivity index (χ1v) is 10.8. The third kappa shape index (κ3) is 3.29. The fraction of sp³-hybridized carbons (Fsp3) is 0.0385. The van der Waals surface area contributed by atoms with Crippen LogP contribution in [0.25, 0.3) is 16.5 Å². The number of fused-ring (bicyclic) bond motifs is 1. The molecule has 0 aliphatic carbocycles. The number of carbonyl (C=O) groups is 2. The second-order valence-corrected chi connectivity index (χ2v) is 8.37. The van der Waals surface area contributed by atoms with E-state index in [0.29, 0.717) is 16.8 Å². The number of Topliss-reactive ketones (excluding diaryl/α,β-unsaturated/α-hetero) is 1. The third-order valence-corrected chi connectivity index (χ3v) is 6.14. The van der Waals surface area contributed by atoms with E-state index in [1.54, 1.807) is 42.7 Å². The van der Waals surface area contributed by atoms with Gasteiger partial charge in [0.25, 0.3) is 11.7 Å². The Morgan fingerprint density at radius 2 is 1.56 bits per heavy atom. The third-order valence-electron chi connectivity index (χ3n) is 5.62. The van der Waals surface area contributed by atoms with Gasteiger partial charge in [0.05, 0.1) is 11.6 Å². The van der Waals surface area contributed by atoms with E-state index in [1.807, 2.05) is 48.5 Å². The van der Waals surface area contributed by atoms with Crippen LogP contribution in [-0.2, 0) is 9.59 Å². The number of pyridine rings is 1. The van der Waals surface area contributed by atoms with E-state index in [2.05, 4.69) is 20.9 Å². The van der Waals surface area contributed by atoms with Crippen molar-refractivity contribution < 1.29 is 14.7 Å². The summed E-state index contributed by atoms with van der Waals surface area (Å²) in [6.07, 6.45) is 3.21. The van der Waals surface area contributed by atoms with Gasteiger partial charge in [-0.15, -0.1) is 0 Å². The number of anilines is 1. The van der Waals surface area contributed by atoms with Crippen LogP contribution in [0.15, 0.2) is 101 Å². The Balaban J connectivity index is 1.77. The number of ketones is 1. The zero-order chi connectivity index (χ0) is 22.2. The summed E-state index contributed by atoms with van der Waals surface area (Å²) >= 11 is 3.40. The number of halogens is 1. The summed E-state index contributed by atoms with van der Waals surface area (Å²) in [5.41, 5.74) is 1.81. The largest absolute Gasteiger partial charge is 0.507 e. The quantitative estimate of drug-likeness (QED) is 0.232. The van der Waals surface area contributed by atoms with E-state index in [1.165, 1.54) is 4.90 Å². The van der Waals surface area contributed by atoms with Crippen molar-refractivity contribution in [3.8, 4) is 0 Å². The highest BCUT2D eigenvalue weighted by Gasteiger charge is 2.47. The van der Waals surface area contributed by atoms with Crippen LogP contribution in [0.3, 0.4) is 0 Å². The molecule has 0 saturated carbocycles. The fourth-order valence-corrected chi connectivity index (χ4v) is 4.40. The molecular weight excluding hydrogens is 468 g/mol. The molecule has 4 aromatic rings. The van der Waals surface area contributed by atoms with Gasteiger partial charge in [-0.1, -0.05) is 58.4 Å². The molecule has 1 N–H and O–H groups in total. The second-order valence-electron chi connectivity index (χ2n) is 7.45. The molecular formula is C26H17BrN2O3. The van der Waals surface area contributed by atoms with Gasteiger partial charge >= 0.3 is 0 Å². The van der Waals surface area contributed by atoms with Crippen LogP contribution >= 0.6 is 15.9 Å². The Kier molecular flexibility index (Phi) is 5.07. The Labute approximate surface area is 192 Å². The van der Waals surface area contributed by atoms with E-state index < -0.39 is 17.7 Å².